The van der Waals surface area contributed by atoms with Gasteiger partial charge in [0, 0.05) is 36.3 Å². The van der Waals surface area contributed by atoms with Crippen molar-refractivity contribution in [3.63, 3.8) is 0 Å². The average Bonchev–Trinajstić information content (AvgIpc) is 2.89. The molecule has 2 heterocycles. The number of hydrogen-bond acceptors (Lipinski definition) is 5. The molecule has 6 nitrogen and oxygen atoms in total. The maximum absolute atomic E-state index is 12.0. The zero-order chi connectivity index (χ0) is 14.7. The minimum Gasteiger partial charge on any atom is -0.319 e. The van der Waals surface area contributed by atoms with Crippen molar-refractivity contribution in [2.45, 2.75) is 13.0 Å². The third kappa shape index (κ3) is 3.12. The smallest absolute Gasteiger partial charge is 0.257 e. The molecule has 106 valence electrons. The van der Waals surface area contributed by atoms with Crippen LogP contribution in [-0.2, 0) is 7.05 Å². The van der Waals surface area contributed by atoms with Crippen LogP contribution in [0.1, 0.15) is 29.0 Å². The Bertz CT molecular complexity index is 677. The van der Waals surface area contributed by atoms with Crippen LogP contribution < -0.4 is 16.2 Å². The van der Waals surface area contributed by atoms with Crippen molar-refractivity contribution < 1.29 is 4.79 Å². The van der Waals surface area contributed by atoms with Gasteiger partial charge in [-0.3, -0.25) is 14.9 Å². The number of carbonyl (C=O) groups is 1. The first-order valence-corrected chi connectivity index (χ1v) is 7.00. The molecule has 0 spiro atoms. The average molecular weight is 292 g/mol. The predicted molar refractivity (Wildman–Crippen MR) is 79.2 cm³/mol. The molecule has 0 radical (unpaired) electrons. The van der Waals surface area contributed by atoms with E-state index in [1.54, 1.807) is 19.3 Å². The van der Waals surface area contributed by atoms with Crippen LogP contribution in [0.25, 0.3) is 0 Å². The molecule has 0 saturated heterocycles. The van der Waals surface area contributed by atoms with E-state index in [0.29, 0.717) is 10.7 Å². The molecular formula is C13H16N4O2S. The van der Waals surface area contributed by atoms with E-state index >= 15 is 0 Å². The predicted octanol–water partition coefficient (Wildman–Crippen LogP) is 1.37. The van der Waals surface area contributed by atoms with Gasteiger partial charge in [0.2, 0.25) is 0 Å². The zero-order valence-electron chi connectivity index (χ0n) is 11.5. The highest BCUT2D eigenvalue weighted by molar-refractivity contribution is 7.14. The van der Waals surface area contributed by atoms with E-state index in [0.717, 1.165) is 5.69 Å². The van der Waals surface area contributed by atoms with E-state index in [1.165, 1.54) is 22.0 Å². The Morgan fingerprint density at radius 2 is 2.25 bits per heavy atom. The Hall–Kier alpha value is -1.99. The van der Waals surface area contributed by atoms with E-state index in [2.05, 4.69) is 15.6 Å². The van der Waals surface area contributed by atoms with Gasteiger partial charge in [-0.2, -0.15) is 0 Å². The molecule has 20 heavy (non-hydrogen) atoms. The minimum absolute atomic E-state index is 0.126. The number of hydrogen-bond donors (Lipinski definition) is 2. The molecule has 2 N–H and O–H groups in total. The van der Waals surface area contributed by atoms with Gasteiger partial charge in [-0.1, -0.05) is 0 Å². The van der Waals surface area contributed by atoms with Crippen molar-refractivity contribution in [2.24, 2.45) is 7.05 Å². The number of amides is 1. The molecule has 1 amide bonds. The van der Waals surface area contributed by atoms with Gasteiger partial charge in [0.25, 0.3) is 11.5 Å². The lowest BCUT2D eigenvalue weighted by molar-refractivity contribution is 0.102. The molecule has 0 fully saturated rings. The van der Waals surface area contributed by atoms with Crippen molar-refractivity contribution in [3.8, 4) is 0 Å². The Morgan fingerprint density at radius 1 is 1.50 bits per heavy atom. The molecule has 7 heteroatoms. The summed E-state index contributed by atoms with van der Waals surface area (Å²) < 4.78 is 1.41. The third-order valence-electron chi connectivity index (χ3n) is 2.99. The van der Waals surface area contributed by atoms with E-state index in [9.17, 15) is 9.59 Å². The topological polar surface area (TPSA) is 76.0 Å². The molecule has 0 bridgehead atoms. The fraction of sp³-hybridized carbons (Fsp3) is 0.308. The van der Waals surface area contributed by atoms with Gasteiger partial charge >= 0.3 is 0 Å². The van der Waals surface area contributed by atoms with Crippen molar-refractivity contribution >= 4 is 22.4 Å². The summed E-state index contributed by atoms with van der Waals surface area (Å²) in [4.78, 5) is 27.8. The number of thiazole rings is 1. The summed E-state index contributed by atoms with van der Waals surface area (Å²) in [6, 6.07) is 3.03. The largest absolute Gasteiger partial charge is 0.319 e. The molecule has 0 aliphatic carbocycles. The molecule has 0 aliphatic rings. The van der Waals surface area contributed by atoms with Gasteiger partial charge in [0.1, 0.15) is 0 Å². The molecule has 1 unspecified atom stereocenters. The summed E-state index contributed by atoms with van der Waals surface area (Å²) in [5, 5.41) is 8.19. The number of anilines is 1. The van der Waals surface area contributed by atoms with Gasteiger partial charge in [-0.05, 0) is 20.0 Å². The first-order valence-electron chi connectivity index (χ1n) is 6.12. The van der Waals surface area contributed by atoms with E-state index in [1.807, 2.05) is 19.4 Å². The normalized spacial score (nSPS) is 12.2. The van der Waals surface area contributed by atoms with Gasteiger partial charge in [0.05, 0.1) is 5.69 Å². The van der Waals surface area contributed by atoms with Crippen molar-refractivity contribution in [1.29, 1.82) is 0 Å². The number of rotatable bonds is 4. The molecular weight excluding hydrogens is 276 g/mol. The van der Waals surface area contributed by atoms with Crippen molar-refractivity contribution in [2.75, 3.05) is 12.4 Å². The lowest BCUT2D eigenvalue weighted by atomic mass is 10.2. The van der Waals surface area contributed by atoms with E-state index in [4.69, 9.17) is 0 Å². The minimum atomic E-state index is -0.333. The second kappa shape index (κ2) is 5.98. The highest BCUT2D eigenvalue weighted by Gasteiger charge is 2.12. The fourth-order valence-electron chi connectivity index (χ4n) is 1.55. The molecule has 0 aliphatic heterocycles. The second-order valence-electron chi connectivity index (χ2n) is 4.41. The Morgan fingerprint density at radius 3 is 2.90 bits per heavy atom. The number of nitrogens with zero attached hydrogens (tertiary/aromatic N) is 2. The SMILES string of the molecule is CNC(C)c1csc(NC(=O)c2ccn(C)c(=O)c2)n1. The number of aromatic nitrogens is 2. The zero-order valence-corrected chi connectivity index (χ0v) is 12.3. The molecule has 0 saturated carbocycles. The Kier molecular flexibility index (Phi) is 4.31. The van der Waals surface area contributed by atoms with Gasteiger partial charge in [-0.15, -0.1) is 11.3 Å². The van der Waals surface area contributed by atoms with Gasteiger partial charge in [-0.25, -0.2) is 4.98 Å². The summed E-state index contributed by atoms with van der Waals surface area (Å²) in [6.45, 7) is 1.99. The number of pyridine rings is 1. The summed E-state index contributed by atoms with van der Waals surface area (Å²) in [5.41, 5.74) is 0.976. The monoisotopic (exact) mass is 292 g/mol. The molecule has 2 aromatic heterocycles. The number of carbonyl (C=O) groups excluding carboxylic acids is 1. The second-order valence-corrected chi connectivity index (χ2v) is 5.26. The van der Waals surface area contributed by atoms with Gasteiger partial charge in [0.15, 0.2) is 5.13 Å². The highest BCUT2D eigenvalue weighted by atomic mass is 32.1. The number of aryl methyl sites for hydroxylation is 1. The Labute approximate surface area is 120 Å². The van der Waals surface area contributed by atoms with E-state index < -0.39 is 0 Å². The first kappa shape index (κ1) is 14.4. The van der Waals surface area contributed by atoms with Crippen molar-refractivity contribution in [3.05, 3.63) is 45.3 Å². The maximum Gasteiger partial charge on any atom is 0.257 e. The maximum atomic E-state index is 12.0. The highest BCUT2D eigenvalue weighted by Crippen LogP contribution is 2.20. The summed E-state index contributed by atoms with van der Waals surface area (Å²) in [5.74, 6) is -0.333. The standard InChI is InChI=1S/C13H16N4O2S/c1-8(14-2)10-7-20-13(15-10)16-12(19)9-4-5-17(3)11(18)6-9/h4-8,14H,1-3H3,(H,15,16,19). The van der Waals surface area contributed by atoms with Crippen LogP contribution in [0.3, 0.4) is 0 Å². The molecule has 2 rings (SSSR count). The van der Waals surface area contributed by atoms with E-state index in [-0.39, 0.29) is 17.5 Å². The molecule has 1 atom stereocenters. The third-order valence-corrected chi connectivity index (χ3v) is 3.76. The van der Waals surface area contributed by atoms with Crippen LogP contribution in [0.15, 0.2) is 28.5 Å². The summed E-state index contributed by atoms with van der Waals surface area (Å²) >= 11 is 1.36. The van der Waals surface area contributed by atoms with Crippen LogP contribution >= 0.6 is 11.3 Å². The van der Waals surface area contributed by atoms with Crippen LogP contribution in [0.2, 0.25) is 0 Å². The lowest BCUT2D eigenvalue weighted by Crippen LogP contribution is -2.20. The molecule has 0 aromatic carbocycles. The quantitative estimate of drug-likeness (QED) is 0.892. The first-order chi connectivity index (χ1) is 9.51. The summed E-state index contributed by atoms with van der Waals surface area (Å²) in [6.07, 6.45) is 1.56. The van der Waals surface area contributed by atoms with Crippen LogP contribution in [0.4, 0.5) is 5.13 Å². The van der Waals surface area contributed by atoms with Gasteiger partial charge < -0.3 is 9.88 Å². The van der Waals surface area contributed by atoms with Crippen LogP contribution in [-0.4, -0.2) is 22.5 Å². The number of nitrogens with one attached hydrogen (secondary N) is 2. The van der Waals surface area contributed by atoms with Crippen molar-refractivity contribution in [1.82, 2.24) is 14.9 Å². The molecule has 2 aromatic rings. The van der Waals surface area contributed by atoms with Crippen LogP contribution in [0.5, 0.6) is 0 Å². The summed E-state index contributed by atoms with van der Waals surface area (Å²) in [7, 11) is 3.48. The van der Waals surface area contributed by atoms with Crippen LogP contribution in [0, 0.1) is 0 Å². The fourth-order valence-corrected chi connectivity index (χ4v) is 2.35. The Balaban J connectivity index is 2.13. The lowest BCUT2D eigenvalue weighted by Gasteiger charge is -2.05.